The number of rotatable bonds is 4. The van der Waals surface area contributed by atoms with Crippen molar-refractivity contribution in [1.29, 1.82) is 0 Å². The number of nitrogens with one attached hydrogen (secondary N) is 1. The molecule has 1 fully saturated rings. The fourth-order valence-corrected chi connectivity index (χ4v) is 5.13. The Morgan fingerprint density at radius 2 is 1.96 bits per heavy atom. The molecule has 1 N–H and O–H groups in total. The molecule has 1 heterocycles. The molecule has 0 radical (unpaired) electrons. The number of anilines is 1. The van der Waals surface area contributed by atoms with Crippen molar-refractivity contribution >= 4 is 22.5 Å². The van der Waals surface area contributed by atoms with Crippen LogP contribution in [0.15, 0.2) is 35.8 Å². The van der Waals surface area contributed by atoms with Gasteiger partial charge in [-0.2, -0.15) is 0 Å². The van der Waals surface area contributed by atoms with Gasteiger partial charge in [-0.05, 0) is 67.9 Å². The van der Waals surface area contributed by atoms with Crippen molar-refractivity contribution in [1.82, 2.24) is 9.88 Å². The second-order valence-electron chi connectivity index (χ2n) is 8.21. The van der Waals surface area contributed by atoms with Gasteiger partial charge >= 0.3 is 6.03 Å². The molecule has 2 aliphatic rings. The van der Waals surface area contributed by atoms with Crippen molar-refractivity contribution in [3.05, 3.63) is 47.0 Å². The Kier molecular flexibility index (Phi) is 5.77. The van der Waals surface area contributed by atoms with E-state index in [1.807, 2.05) is 5.38 Å². The lowest BCUT2D eigenvalue weighted by Crippen LogP contribution is -2.47. The average Bonchev–Trinajstić information content (AvgIpc) is 3.20. The number of hydrogen-bond donors (Lipinski definition) is 1. The Morgan fingerprint density at radius 3 is 2.70 bits per heavy atom. The van der Waals surface area contributed by atoms with Crippen LogP contribution in [0, 0.1) is 11.8 Å². The molecule has 144 valence electrons. The molecule has 1 atom stereocenters. The summed E-state index contributed by atoms with van der Waals surface area (Å²) < 4.78 is 0. The van der Waals surface area contributed by atoms with Gasteiger partial charge in [0, 0.05) is 24.2 Å². The normalized spacial score (nSPS) is 24.9. The molecule has 1 aromatic heterocycles. The highest BCUT2D eigenvalue weighted by Gasteiger charge is 2.31. The molecule has 0 spiro atoms. The maximum absolute atomic E-state index is 13.1. The fraction of sp³-hybridized carbons (Fsp3) is 0.545. The second kappa shape index (κ2) is 8.42. The summed E-state index contributed by atoms with van der Waals surface area (Å²) in [6.07, 6.45) is 9.81. The first-order valence-corrected chi connectivity index (χ1v) is 11.1. The highest BCUT2D eigenvalue weighted by molar-refractivity contribution is 7.13. The van der Waals surface area contributed by atoms with E-state index in [-0.39, 0.29) is 6.03 Å². The van der Waals surface area contributed by atoms with E-state index < -0.39 is 0 Å². The largest absolute Gasteiger partial charge is 0.323 e. The van der Waals surface area contributed by atoms with Gasteiger partial charge < -0.3 is 4.90 Å². The van der Waals surface area contributed by atoms with E-state index in [1.54, 1.807) is 6.20 Å². The molecule has 2 aromatic rings. The number of fused-ring (bicyclic) bond motifs is 1. The third kappa shape index (κ3) is 4.52. The summed E-state index contributed by atoms with van der Waals surface area (Å²) in [7, 11) is 0. The second-order valence-corrected chi connectivity index (χ2v) is 9.11. The van der Waals surface area contributed by atoms with E-state index in [4.69, 9.17) is 0 Å². The average molecular weight is 384 g/mol. The maximum atomic E-state index is 13.1. The lowest BCUT2D eigenvalue weighted by Gasteiger charge is -2.39. The Hall–Kier alpha value is -1.88. The van der Waals surface area contributed by atoms with Crippen molar-refractivity contribution in [2.45, 2.75) is 57.9 Å². The van der Waals surface area contributed by atoms with E-state index >= 15 is 0 Å². The van der Waals surface area contributed by atoms with Crippen molar-refractivity contribution in [3.8, 4) is 0 Å². The number of thiazole rings is 1. The zero-order valence-corrected chi connectivity index (χ0v) is 16.9. The Bertz CT molecular complexity index is 753. The molecule has 27 heavy (non-hydrogen) atoms. The van der Waals surface area contributed by atoms with Gasteiger partial charge in [-0.25, -0.2) is 9.78 Å². The number of nitrogens with zero attached hydrogens (tertiary/aromatic N) is 2. The summed E-state index contributed by atoms with van der Waals surface area (Å²) in [6.45, 7) is 3.18. The summed E-state index contributed by atoms with van der Waals surface area (Å²) in [6, 6.07) is 9.17. The molecule has 0 bridgehead atoms. The standard InChI is InChI=1S/C22H29N3OS/c1-16-6-10-20(11-7-16)25(22(26)24-21-23-12-13-27-21)15-17-8-9-18-4-2-3-5-19(18)14-17/h2-5,12-13,16-17,20H,6-11,14-15H2,1H3,(H,23,24,26). The zero-order valence-electron chi connectivity index (χ0n) is 16.1. The van der Waals surface area contributed by atoms with E-state index in [2.05, 4.69) is 46.4 Å². The van der Waals surface area contributed by atoms with Crippen LogP contribution in [0.3, 0.4) is 0 Å². The highest BCUT2D eigenvalue weighted by atomic mass is 32.1. The van der Waals surface area contributed by atoms with Gasteiger partial charge in [0.05, 0.1) is 0 Å². The zero-order chi connectivity index (χ0) is 18.6. The Labute approximate surface area is 166 Å². The summed E-state index contributed by atoms with van der Waals surface area (Å²) in [5.74, 6) is 1.33. The minimum atomic E-state index is 0.0309. The topological polar surface area (TPSA) is 45.2 Å². The SMILES string of the molecule is CC1CCC(N(CC2CCc3ccccc3C2)C(=O)Nc2nccs2)CC1. The van der Waals surface area contributed by atoms with Crippen LogP contribution >= 0.6 is 11.3 Å². The smallest absolute Gasteiger partial charge is 0.321 e. The number of aryl methyl sites for hydroxylation is 1. The van der Waals surface area contributed by atoms with Crippen molar-refractivity contribution in [3.63, 3.8) is 0 Å². The lowest BCUT2D eigenvalue weighted by atomic mass is 9.82. The summed E-state index contributed by atoms with van der Waals surface area (Å²) in [5.41, 5.74) is 2.95. The molecule has 0 aliphatic heterocycles. The number of hydrogen-bond acceptors (Lipinski definition) is 3. The number of aromatic nitrogens is 1. The predicted molar refractivity (Wildman–Crippen MR) is 111 cm³/mol. The van der Waals surface area contributed by atoms with E-state index in [0.29, 0.717) is 17.1 Å². The maximum Gasteiger partial charge on any atom is 0.323 e. The van der Waals surface area contributed by atoms with Crippen LogP contribution in [0.2, 0.25) is 0 Å². The van der Waals surface area contributed by atoms with Gasteiger partial charge in [0.15, 0.2) is 5.13 Å². The van der Waals surface area contributed by atoms with Crippen molar-refractivity contribution in [2.75, 3.05) is 11.9 Å². The minimum absolute atomic E-state index is 0.0309. The van der Waals surface area contributed by atoms with Crippen molar-refractivity contribution < 1.29 is 4.79 Å². The number of carbonyl (C=O) groups is 1. The number of benzene rings is 1. The summed E-state index contributed by atoms with van der Waals surface area (Å²) in [5, 5.41) is 5.63. The van der Waals surface area contributed by atoms with Gasteiger partial charge in [0.2, 0.25) is 0 Å². The number of carbonyl (C=O) groups excluding carboxylic acids is 1. The molecule has 0 saturated heterocycles. The first-order valence-electron chi connectivity index (χ1n) is 10.2. The third-order valence-corrected chi connectivity index (χ3v) is 6.93. The van der Waals surface area contributed by atoms with Crippen LogP contribution in [-0.4, -0.2) is 28.5 Å². The molecular formula is C22H29N3OS. The van der Waals surface area contributed by atoms with Crippen LogP contribution in [0.1, 0.15) is 50.2 Å². The van der Waals surface area contributed by atoms with E-state index in [1.165, 1.54) is 41.7 Å². The third-order valence-electron chi connectivity index (χ3n) is 6.24. The van der Waals surface area contributed by atoms with Gasteiger partial charge in [0.25, 0.3) is 0 Å². The number of urea groups is 1. The van der Waals surface area contributed by atoms with Crippen LogP contribution in [-0.2, 0) is 12.8 Å². The fourth-order valence-electron chi connectivity index (χ4n) is 4.61. The van der Waals surface area contributed by atoms with Gasteiger partial charge in [-0.1, -0.05) is 31.2 Å². The summed E-state index contributed by atoms with van der Waals surface area (Å²) >= 11 is 1.48. The highest BCUT2D eigenvalue weighted by Crippen LogP contribution is 2.31. The van der Waals surface area contributed by atoms with Crippen LogP contribution < -0.4 is 5.32 Å². The Balaban J connectivity index is 1.46. The molecule has 2 aliphatic carbocycles. The molecule has 1 aromatic carbocycles. The molecule has 1 unspecified atom stereocenters. The first-order chi connectivity index (χ1) is 13.2. The molecule has 4 nitrogen and oxygen atoms in total. The van der Waals surface area contributed by atoms with E-state index in [9.17, 15) is 4.79 Å². The number of amides is 2. The monoisotopic (exact) mass is 383 g/mol. The van der Waals surface area contributed by atoms with Gasteiger partial charge in [-0.15, -0.1) is 11.3 Å². The van der Waals surface area contributed by atoms with Crippen molar-refractivity contribution in [2.24, 2.45) is 11.8 Å². The minimum Gasteiger partial charge on any atom is -0.321 e. The van der Waals surface area contributed by atoms with Crippen LogP contribution in [0.25, 0.3) is 0 Å². The predicted octanol–water partition coefficient (Wildman–Crippen LogP) is 5.36. The Morgan fingerprint density at radius 1 is 1.19 bits per heavy atom. The molecule has 2 amide bonds. The molecule has 5 heteroatoms. The van der Waals surface area contributed by atoms with Crippen LogP contribution in [0.4, 0.5) is 9.93 Å². The van der Waals surface area contributed by atoms with Gasteiger partial charge in [0.1, 0.15) is 0 Å². The first kappa shape index (κ1) is 18.5. The summed E-state index contributed by atoms with van der Waals surface area (Å²) in [4.78, 5) is 19.5. The lowest BCUT2D eigenvalue weighted by molar-refractivity contribution is 0.139. The van der Waals surface area contributed by atoms with Crippen LogP contribution in [0.5, 0.6) is 0 Å². The van der Waals surface area contributed by atoms with E-state index in [0.717, 1.165) is 38.1 Å². The molecular weight excluding hydrogens is 354 g/mol. The quantitative estimate of drug-likeness (QED) is 0.772. The molecule has 1 saturated carbocycles. The molecule has 4 rings (SSSR count). The van der Waals surface area contributed by atoms with Gasteiger partial charge in [-0.3, -0.25) is 5.32 Å².